The van der Waals surface area contributed by atoms with Gasteiger partial charge in [-0.15, -0.1) is 0 Å². The number of nitrogens with zero attached hydrogens (tertiary/aromatic N) is 2. The van der Waals surface area contributed by atoms with E-state index in [0.29, 0.717) is 22.7 Å². The maximum absolute atomic E-state index is 10.8. The van der Waals surface area contributed by atoms with Gasteiger partial charge in [0.05, 0.1) is 16.2 Å². The summed E-state index contributed by atoms with van der Waals surface area (Å²) in [6, 6.07) is 6.81. The molecule has 0 aliphatic heterocycles. The molecular weight excluding hydrogens is 266 g/mol. The molecule has 1 atom stereocenters. The van der Waals surface area contributed by atoms with Crippen molar-refractivity contribution < 1.29 is 4.92 Å². The Morgan fingerprint density at radius 2 is 2.14 bits per heavy atom. The molecule has 1 fully saturated rings. The smallest absolute Gasteiger partial charge is 0.270 e. The highest BCUT2D eigenvalue weighted by Gasteiger charge is 2.24. The predicted molar refractivity (Wildman–Crippen MR) is 82.1 cm³/mol. The van der Waals surface area contributed by atoms with Crippen molar-refractivity contribution in [3.8, 4) is 6.07 Å². The molecule has 1 unspecified atom stereocenters. The maximum atomic E-state index is 10.8. The van der Waals surface area contributed by atoms with Gasteiger partial charge >= 0.3 is 0 Å². The normalized spacial score (nSPS) is 21.1. The first-order chi connectivity index (χ1) is 9.91. The van der Waals surface area contributed by atoms with Gasteiger partial charge in [0, 0.05) is 18.2 Å². The van der Waals surface area contributed by atoms with Gasteiger partial charge in [-0.1, -0.05) is 20.3 Å². The Morgan fingerprint density at radius 3 is 2.81 bits per heavy atom. The van der Waals surface area contributed by atoms with Crippen molar-refractivity contribution in [2.45, 2.75) is 52.0 Å². The van der Waals surface area contributed by atoms with Crippen LogP contribution in [0, 0.1) is 26.9 Å². The zero-order valence-electron chi connectivity index (χ0n) is 12.6. The molecule has 1 aromatic rings. The first-order valence-electron chi connectivity index (χ1n) is 7.36. The van der Waals surface area contributed by atoms with Gasteiger partial charge in [0.15, 0.2) is 0 Å². The summed E-state index contributed by atoms with van der Waals surface area (Å²) in [5.41, 5.74) is 1.38. The summed E-state index contributed by atoms with van der Waals surface area (Å²) >= 11 is 0. The van der Waals surface area contributed by atoms with E-state index in [0.717, 1.165) is 19.3 Å². The number of non-ortho nitro benzene ring substituents is 1. The van der Waals surface area contributed by atoms with Crippen LogP contribution in [-0.2, 0) is 0 Å². The molecule has 5 nitrogen and oxygen atoms in total. The summed E-state index contributed by atoms with van der Waals surface area (Å²) in [4.78, 5) is 10.3. The number of hydrogen-bond acceptors (Lipinski definition) is 4. The zero-order valence-corrected chi connectivity index (χ0v) is 12.6. The summed E-state index contributed by atoms with van der Waals surface area (Å²) in [5.74, 6) is 0. The van der Waals surface area contributed by atoms with Crippen LogP contribution in [0.2, 0.25) is 0 Å². The van der Waals surface area contributed by atoms with Gasteiger partial charge in [0.1, 0.15) is 6.07 Å². The molecule has 1 N–H and O–H groups in total. The van der Waals surface area contributed by atoms with Crippen LogP contribution < -0.4 is 5.32 Å². The van der Waals surface area contributed by atoms with E-state index in [1.165, 1.54) is 25.0 Å². The SMILES string of the molecule is CC1(C)CCCC(Nc2ccc([N+](=O)[O-])cc2C#N)CC1. The van der Waals surface area contributed by atoms with Crippen molar-refractivity contribution in [2.24, 2.45) is 5.41 Å². The molecule has 1 aromatic carbocycles. The van der Waals surface area contributed by atoms with E-state index in [4.69, 9.17) is 0 Å². The number of nitro groups is 1. The molecule has 0 bridgehead atoms. The second kappa shape index (κ2) is 6.13. The van der Waals surface area contributed by atoms with E-state index >= 15 is 0 Å². The van der Waals surface area contributed by atoms with E-state index in [2.05, 4.69) is 19.2 Å². The topological polar surface area (TPSA) is 79.0 Å². The molecule has 1 aliphatic carbocycles. The molecule has 1 aliphatic rings. The number of rotatable bonds is 3. The Balaban J connectivity index is 2.12. The summed E-state index contributed by atoms with van der Waals surface area (Å²) in [7, 11) is 0. The van der Waals surface area contributed by atoms with Gasteiger partial charge in [0.25, 0.3) is 5.69 Å². The average Bonchev–Trinajstić information content (AvgIpc) is 2.60. The number of nitrogens with one attached hydrogen (secondary N) is 1. The number of nitro benzene ring substituents is 1. The third-order valence-electron chi connectivity index (χ3n) is 4.27. The maximum Gasteiger partial charge on any atom is 0.270 e. The first-order valence-corrected chi connectivity index (χ1v) is 7.36. The van der Waals surface area contributed by atoms with E-state index < -0.39 is 4.92 Å². The highest BCUT2D eigenvalue weighted by Crippen LogP contribution is 2.35. The summed E-state index contributed by atoms with van der Waals surface area (Å²) in [5, 5.41) is 23.3. The Morgan fingerprint density at radius 1 is 1.38 bits per heavy atom. The fourth-order valence-corrected chi connectivity index (χ4v) is 2.89. The molecule has 0 amide bonds. The van der Waals surface area contributed by atoms with Crippen molar-refractivity contribution in [1.82, 2.24) is 0 Å². The summed E-state index contributed by atoms with van der Waals surface area (Å²) in [6.07, 6.45) is 5.68. The molecule has 0 radical (unpaired) electrons. The van der Waals surface area contributed by atoms with Gasteiger partial charge in [-0.05, 0) is 37.2 Å². The molecule has 0 spiro atoms. The molecular formula is C16H21N3O2. The number of hydrogen-bond donors (Lipinski definition) is 1. The van der Waals surface area contributed by atoms with Crippen molar-refractivity contribution in [2.75, 3.05) is 5.32 Å². The van der Waals surface area contributed by atoms with Crippen LogP contribution in [0.3, 0.4) is 0 Å². The molecule has 0 saturated heterocycles. The Labute approximate surface area is 125 Å². The summed E-state index contributed by atoms with van der Waals surface area (Å²) < 4.78 is 0. The summed E-state index contributed by atoms with van der Waals surface area (Å²) in [6.45, 7) is 4.59. The lowest BCUT2D eigenvalue weighted by molar-refractivity contribution is -0.384. The third kappa shape index (κ3) is 3.94. The fourth-order valence-electron chi connectivity index (χ4n) is 2.89. The Kier molecular flexibility index (Phi) is 4.46. The third-order valence-corrected chi connectivity index (χ3v) is 4.27. The lowest BCUT2D eigenvalue weighted by Gasteiger charge is -2.22. The van der Waals surface area contributed by atoms with Gasteiger partial charge in [0.2, 0.25) is 0 Å². The monoisotopic (exact) mass is 287 g/mol. The van der Waals surface area contributed by atoms with Crippen LogP contribution in [0.1, 0.15) is 51.5 Å². The number of nitriles is 1. The Bertz CT molecular complexity index is 575. The number of anilines is 1. The van der Waals surface area contributed by atoms with E-state index in [1.807, 2.05) is 6.07 Å². The molecule has 1 saturated carbocycles. The van der Waals surface area contributed by atoms with Gasteiger partial charge < -0.3 is 5.32 Å². The van der Waals surface area contributed by atoms with Crippen LogP contribution in [0.25, 0.3) is 0 Å². The highest BCUT2D eigenvalue weighted by atomic mass is 16.6. The second-order valence-corrected chi connectivity index (χ2v) is 6.54. The molecule has 112 valence electrons. The van der Waals surface area contributed by atoms with Crippen molar-refractivity contribution in [3.63, 3.8) is 0 Å². The first kappa shape index (κ1) is 15.3. The standard InChI is InChI=1S/C16H21N3O2/c1-16(2)8-3-4-13(7-9-16)18-15-6-5-14(19(20)21)10-12(15)11-17/h5-6,10,13,18H,3-4,7-9H2,1-2H3. The van der Waals surface area contributed by atoms with Crippen LogP contribution in [0.15, 0.2) is 18.2 Å². The predicted octanol–water partition coefficient (Wildman–Crippen LogP) is 4.24. The fraction of sp³-hybridized carbons (Fsp3) is 0.562. The average molecular weight is 287 g/mol. The van der Waals surface area contributed by atoms with Crippen LogP contribution >= 0.6 is 0 Å². The molecule has 5 heteroatoms. The Hall–Kier alpha value is -2.09. The van der Waals surface area contributed by atoms with E-state index in [9.17, 15) is 15.4 Å². The van der Waals surface area contributed by atoms with Crippen molar-refractivity contribution in [3.05, 3.63) is 33.9 Å². The molecule has 2 rings (SSSR count). The lowest BCUT2D eigenvalue weighted by atomic mass is 9.85. The van der Waals surface area contributed by atoms with Gasteiger partial charge in [-0.2, -0.15) is 5.26 Å². The van der Waals surface area contributed by atoms with Gasteiger partial charge in [-0.25, -0.2) is 0 Å². The second-order valence-electron chi connectivity index (χ2n) is 6.54. The zero-order chi connectivity index (χ0) is 15.5. The quantitative estimate of drug-likeness (QED) is 0.512. The van der Waals surface area contributed by atoms with Gasteiger partial charge in [-0.3, -0.25) is 10.1 Å². The van der Waals surface area contributed by atoms with Crippen molar-refractivity contribution >= 4 is 11.4 Å². The number of benzene rings is 1. The van der Waals surface area contributed by atoms with Crippen LogP contribution in [0.5, 0.6) is 0 Å². The minimum Gasteiger partial charge on any atom is -0.381 e. The molecule has 0 aromatic heterocycles. The van der Waals surface area contributed by atoms with E-state index in [1.54, 1.807) is 6.07 Å². The highest BCUT2D eigenvalue weighted by molar-refractivity contribution is 5.61. The minimum absolute atomic E-state index is 0.0425. The van der Waals surface area contributed by atoms with Crippen molar-refractivity contribution in [1.29, 1.82) is 5.26 Å². The minimum atomic E-state index is -0.473. The van der Waals surface area contributed by atoms with Crippen LogP contribution in [-0.4, -0.2) is 11.0 Å². The van der Waals surface area contributed by atoms with E-state index in [-0.39, 0.29) is 5.69 Å². The molecule has 21 heavy (non-hydrogen) atoms. The lowest BCUT2D eigenvalue weighted by Crippen LogP contribution is -2.19. The molecule has 0 heterocycles. The largest absolute Gasteiger partial charge is 0.381 e. The van der Waals surface area contributed by atoms with Crippen LogP contribution in [0.4, 0.5) is 11.4 Å².